The maximum atomic E-state index is 11.9. The number of carbonyl (C=O) groups excluding carboxylic acids is 1. The number of carbonyl (C=O) groups is 2. The fourth-order valence-electron chi connectivity index (χ4n) is 2.17. The number of benzene rings is 1. The molecule has 0 radical (unpaired) electrons. The van der Waals surface area contributed by atoms with Crippen molar-refractivity contribution in [3.8, 4) is 0 Å². The van der Waals surface area contributed by atoms with E-state index in [0.29, 0.717) is 23.6 Å². The van der Waals surface area contributed by atoms with Gasteiger partial charge in [0, 0.05) is 10.7 Å². The Bertz CT molecular complexity index is 541. The molecule has 0 aromatic heterocycles. The zero-order chi connectivity index (χ0) is 14.8. The van der Waals surface area contributed by atoms with Crippen molar-refractivity contribution >= 4 is 29.2 Å². The van der Waals surface area contributed by atoms with Gasteiger partial charge in [-0.3, -0.25) is 14.9 Å². The molecule has 0 atom stereocenters. The third kappa shape index (κ3) is 3.11. The van der Waals surface area contributed by atoms with Crippen LogP contribution in [-0.2, 0) is 9.59 Å². The minimum Gasteiger partial charge on any atom is -0.480 e. The Morgan fingerprint density at radius 3 is 2.65 bits per heavy atom. The smallest absolute Gasteiger partial charge is 0.323 e. The van der Waals surface area contributed by atoms with Crippen molar-refractivity contribution in [2.24, 2.45) is 0 Å². The molecule has 1 aliphatic carbocycles. The maximum Gasteiger partial charge on any atom is 0.323 e. The van der Waals surface area contributed by atoms with Crippen molar-refractivity contribution in [2.45, 2.75) is 31.7 Å². The van der Waals surface area contributed by atoms with Gasteiger partial charge < -0.3 is 10.4 Å². The van der Waals surface area contributed by atoms with Crippen LogP contribution in [0.5, 0.6) is 0 Å². The number of anilines is 1. The first-order valence-corrected chi connectivity index (χ1v) is 6.85. The van der Waals surface area contributed by atoms with Gasteiger partial charge in [0.25, 0.3) is 0 Å². The average molecular weight is 297 g/mol. The van der Waals surface area contributed by atoms with Crippen molar-refractivity contribution in [1.82, 2.24) is 5.32 Å². The second-order valence-corrected chi connectivity index (χ2v) is 5.54. The van der Waals surface area contributed by atoms with E-state index in [-0.39, 0.29) is 12.5 Å². The molecule has 1 aromatic carbocycles. The lowest BCUT2D eigenvalue weighted by molar-refractivity contribution is -0.148. The van der Waals surface area contributed by atoms with E-state index >= 15 is 0 Å². The van der Waals surface area contributed by atoms with Gasteiger partial charge in [-0.25, -0.2) is 0 Å². The highest BCUT2D eigenvalue weighted by molar-refractivity contribution is 6.31. The number of carboxylic acids is 1. The Kier molecular flexibility index (Phi) is 4.30. The Morgan fingerprint density at radius 1 is 1.40 bits per heavy atom. The summed E-state index contributed by atoms with van der Waals surface area (Å²) in [4.78, 5) is 23.0. The predicted molar refractivity (Wildman–Crippen MR) is 77.0 cm³/mol. The lowest BCUT2D eigenvalue weighted by atomic mass is 9.77. The highest BCUT2D eigenvalue weighted by Crippen LogP contribution is 2.31. The molecule has 20 heavy (non-hydrogen) atoms. The lowest BCUT2D eigenvalue weighted by Crippen LogP contribution is -2.58. The molecule has 6 heteroatoms. The number of nitrogens with one attached hydrogen (secondary N) is 2. The molecule has 1 aliphatic rings. The summed E-state index contributed by atoms with van der Waals surface area (Å²) < 4.78 is 0. The fraction of sp³-hybridized carbons (Fsp3) is 0.429. The first kappa shape index (κ1) is 14.8. The summed E-state index contributed by atoms with van der Waals surface area (Å²) in [6, 6.07) is 5.24. The van der Waals surface area contributed by atoms with Crippen molar-refractivity contribution in [3.63, 3.8) is 0 Å². The number of carboxylic acid groups (broad SMARTS) is 1. The summed E-state index contributed by atoms with van der Waals surface area (Å²) in [7, 11) is 0. The monoisotopic (exact) mass is 296 g/mol. The van der Waals surface area contributed by atoms with Crippen LogP contribution in [-0.4, -0.2) is 29.1 Å². The predicted octanol–water partition coefficient (Wildman–Crippen LogP) is 2.18. The van der Waals surface area contributed by atoms with Gasteiger partial charge in [0.1, 0.15) is 5.54 Å². The Morgan fingerprint density at radius 2 is 2.10 bits per heavy atom. The van der Waals surface area contributed by atoms with Gasteiger partial charge in [0.05, 0.1) is 6.54 Å². The molecule has 5 nitrogen and oxygen atoms in total. The minimum atomic E-state index is -0.930. The van der Waals surface area contributed by atoms with Gasteiger partial charge in [-0.2, -0.15) is 0 Å². The van der Waals surface area contributed by atoms with Crippen LogP contribution in [0.3, 0.4) is 0 Å². The number of aliphatic carboxylic acids is 1. The van der Waals surface area contributed by atoms with Crippen LogP contribution in [0.2, 0.25) is 5.02 Å². The van der Waals surface area contributed by atoms with E-state index in [2.05, 4.69) is 10.6 Å². The van der Waals surface area contributed by atoms with Gasteiger partial charge >= 0.3 is 5.97 Å². The van der Waals surface area contributed by atoms with Crippen LogP contribution in [0.1, 0.15) is 24.8 Å². The summed E-state index contributed by atoms with van der Waals surface area (Å²) in [5.41, 5.74) is 0.613. The average Bonchev–Trinajstić information content (AvgIpc) is 2.32. The van der Waals surface area contributed by atoms with E-state index in [1.54, 1.807) is 12.1 Å². The normalized spacial score (nSPS) is 16.3. The fourth-order valence-corrected chi connectivity index (χ4v) is 2.34. The standard InChI is InChI=1S/C14H17ClN2O3/c1-9-3-4-10(15)7-11(9)17-12(18)8-16-14(13(19)20)5-2-6-14/h3-4,7,16H,2,5-6,8H2,1H3,(H,17,18)(H,19,20). The third-order valence-electron chi connectivity index (χ3n) is 3.68. The van der Waals surface area contributed by atoms with Crippen molar-refractivity contribution < 1.29 is 14.7 Å². The van der Waals surface area contributed by atoms with E-state index < -0.39 is 11.5 Å². The number of hydrogen-bond donors (Lipinski definition) is 3. The molecule has 1 saturated carbocycles. The number of halogens is 1. The Hall–Kier alpha value is -1.59. The van der Waals surface area contributed by atoms with Crippen LogP contribution in [0.4, 0.5) is 5.69 Å². The van der Waals surface area contributed by atoms with Crippen LogP contribution in [0.15, 0.2) is 18.2 Å². The largest absolute Gasteiger partial charge is 0.480 e. The molecule has 0 bridgehead atoms. The molecule has 0 aliphatic heterocycles. The lowest BCUT2D eigenvalue weighted by Gasteiger charge is -2.38. The van der Waals surface area contributed by atoms with Crippen molar-refractivity contribution in [1.29, 1.82) is 0 Å². The molecule has 0 heterocycles. The van der Waals surface area contributed by atoms with E-state index in [0.717, 1.165) is 12.0 Å². The number of amides is 1. The zero-order valence-electron chi connectivity index (χ0n) is 11.2. The third-order valence-corrected chi connectivity index (χ3v) is 3.91. The molecule has 108 valence electrons. The summed E-state index contributed by atoms with van der Waals surface area (Å²) >= 11 is 5.88. The molecular weight excluding hydrogens is 280 g/mol. The number of aryl methyl sites for hydroxylation is 1. The molecule has 1 fully saturated rings. The van der Waals surface area contributed by atoms with Crippen LogP contribution >= 0.6 is 11.6 Å². The van der Waals surface area contributed by atoms with Gasteiger partial charge in [-0.05, 0) is 43.9 Å². The molecule has 0 unspecified atom stereocenters. The van der Waals surface area contributed by atoms with Crippen LogP contribution < -0.4 is 10.6 Å². The maximum absolute atomic E-state index is 11.9. The van der Waals surface area contributed by atoms with Crippen LogP contribution in [0, 0.1) is 6.92 Å². The van der Waals surface area contributed by atoms with E-state index in [1.165, 1.54) is 0 Å². The zero-order valence-corrected chi connectivity index (χ0v) is 12.0. The molecule has 2 rings (SSSR count). The SMILES string of the molecule is Cc1ccc(Cl)cc1NC(=O)CNC1(C(=O)O)CCC1. The highest BCUT2D eigenvalue weighted by Gasteiger charge is 2.44. The number of rotatable bonds is 5. The quantitative estimate of drug-likeness (QED) is 0.778. The first-order valence-electron chi connectivity index (χ1n) is 6.47. The van der Waals surface area contributed by atoms with Gasteiger partial charge in [0.15, 0.2) is 0 Å². The minimum absolute atomic E-state index is 0.0295. The van der Waals surface area contributed by atoms with E-state index in [4.69, 9.17) is 16.7 Å². The Labute approximate surface area is 122 Å². The molecule has 3 N–H and O–H groups in total. The molecule has 0 saturated heterocycles. The highest BCUT2D eigenvalue weighted by atomic mass is 35.5. The summed E-state index contributed by atoms with van der Waals surface area (Å²) in [6.07, 6.45) is 1.99. The topological polar surface area (TPSA) is 78.4 Å². The molecule has 0 spiro atoms. The van der Waals surface area contributed by atoms with Crippen molar-refractivity contribution in [2.75, 3.05) is 11.9 Å². The second-order valence-electron chi connectivity index (χ2n) is 5.10. The second kappa shape index (κ2) is 5.81. The summed E-state index contributed by atoms with van der Waals surface area (Å²) in [5, 5.41) is 15.3. The van der Waals surface area contributed by atoms with E-state index in [1.807, 2.05) is 13.0 Å². The van der Waals surface area contributed by atoms with Crippen LogP contribution in [0.25, 0.3) is 0 Å². The van der Waals surface area contributed by atoms with Gasteiger partial charge in [-0.15, -0.1) is 0 Å². The van der Waals surface area contributed by atoms with Gasteiger partial charge in [0.2, 0.25) is 5.91 Å². The Balaban J connectivity index is 1.93. The summed E-state index contributed by atoms with van der Waals surface area (Å²) in [6.45, 7) is 1.84. The van der Waals surface area contributed by atoms with Crippen molar-refractivity contribution in [3.05, 3.63) is 28.8 Å². The summed E-state index contributed by atoms with van der Waals surface area (Å²) in [5.74, 6) is -1.17. The first-order chi connectivity index (χ1) is 9.43. The number of hydrogen-bond acceptors (Lipinski definition) is 3. The molecule has 1 amide bonds. The van der Waals surface area contributed by atoms with E-state index in [9.17, 15) is 9.59 Å². The molecule has 1 aromatic rings. The van der Waals surface area contributed by atoms with Gasteiger partial charge in [-0.1, -0.05) is 17.7 Å². The molecular formula is C14H17ClN2O3.